The molecule has 7 heteroatoms. The molecule has 116 valence electrons. The number of hydrogen-bond donors (Lipinski definition) is 2. The van der Waals surface area contributed by atoms with E-state index in [2.05, 4.69) is 20.5 Å². The lowest BCUT2D eigenvalue weighted by Gasteiger charge is -2.20. The number of H-pyrrole nitrogens is 1. The van der Waals surface area contributed by atoms with Gasteiger partial charge in [-0.05, 0) is 29.8 Å². The van der Waals surface area contributed by atoms with E-state index in [1.165, 1.54) is 18.3 Å². The fourth-order valence-corrected chi connectivity index (χ4v) is 2.35. The maximum Gasteiger partial charge on any atom is 0.285 e. The second-order valence-corrected chi connectivity index (χ2v) is 5.19. The van der Waals surface area contributed by atoms with Crippen molar-refractivity contribution in [2.75, 3.05) is 5.32 Å². The number of nitrogens with one attached hydrogen (secondary N) is 2. The van der Waals surface area contributed by atoms with E-state index in [4.69, 9.17) is 11.6 Å². The zero-order chi connectivity index (χ0) is 16.2. The summed E-state index contributed by atoms with van der Waals surface area (Å²) < 4.78 is 13.6. The monoisotopic (exact) mass is 330 g/mol. The first kappa shape index (κ1) is 15.2. The molecular formula is C16H12ClFN4O. The molecule has 2 aromatic heterocycles. The Labute approximate surface area is 136 Å². The van der Waals surface area contributed by atoms with Gasteiger partial charge in [-0.3, -0.25) is 9.78 Å². The lowest BCUT2D eigenvalue weighted by molar-refractivity contribution is 0.624. The van der Waals surface area contributed by atoms with E-state index in [1.54, 1.807) is 30.5 Å². The summed E-state index contributed by atoms with van der Waals surface area (Å²) in [6.45, 7) is 0. The second-order valence-electron chi connectivity index (χ2n) is 4.81. The number of rotatable bonds is 4. The molecule has 0 aliphatic rings. The standard InChI is InChI=1S/C16H12ClFN4O/c17-14-13(9-20-22-16(14)23)21-15(12-6-1-2-7-19-12)10-4-3-5-11(18)8-10/h1-9,15H,(H2,21,22,23)/t15-/m0/s1. The summed E-state index contributed by atoms with van der Waals surface area (Å²) >= 11 is 6.00. The number of hydrogen-bond acceptors (Lipinski definition) is 4. The summed E-state index contributed by atoms with van der Waals surface area (Å²) in [6, 6.07) is 11.1. The Morgan fingerprint density at radius 1 is 1.22 bits per heavy atom. The van der Waals surface area contributed by atoms with Crippen LogP contribution in [0.1, 0.15) is 17.3 Å². The van der Waals surface area contributed by atoms with Crippen LogP contribution in [-0.2, 0) is 0 Å². The van der Waals surface area contributed by atoms with Crippen LogP contribution in [0.25, 0.3) is 0 Å². The quantitative estimate of drug-likeness (QED) is 0.771. The first-order valence-electron chi connectivity index (χ1n) is 6.81. The van der Waals surface area contributed by atoms with Crippen molar-refractivity contribution in [2.45, 2.75) is 6.04 Å². The third kappa shape index (κ3) is 3.37. The Morgan fingerprint density at radius 3 is 2.83 bits per heavy atom. The summed E-state index contributed by atoms with van der Waals surface area (Å²) in [4.78, 5) is 15.9. The minimum Gasteiger partial charge on any atom is -0.370 e. The minimum absolute atomic E-state index is 0.0164. The van der Waals surface area contributed by atoms with Crippen molar-refractivity contribution >= 4 is 17.3 Å². The van der Waals surface area contributed by atoms with Gasteiger partial charge in [-0.2, -0.15) is 5.10 Å². The zero-order valence-corrected chi connectivity index (χ0v) is 12.6. The van der Waals surface area contributed by atoms with Crippen LogP contribution < -0.4 is 10.9 Å². The van der Waals surface area contributed by atoms with E-state index in [-0.39, 0.29) is 10.8 Å². The average molecular weight is 331 g/mol. The van der Waals surface area contributed by atoms with E-state index in [9.17, 15) is 9.18 Å². The summed E-state index contributed by atoms with van der Waals surface area (Å²) in [7, 11) is 0. The van der Waals surface area contributed by atoms with Gasteiger partial charge in [0, 0.05) is 6.20 Å². The zero-order valence-electron chi connectivity index (χ0n) is 11.8. The van der Waals surface area contributed by atoms with Crippen molar-refractivity contribution in [3.63, 3.8) is 0 Å². The van der Waals surface area contributed by atoms with Crippen LogP contribution in [0.15, 0.2) is 59.7 Å². The molecular weight excluding hydrogens is 319 g/mol. The molecule has 2 N–H and O–H groups in total. The largest absolute Gasteiger partial charge is 0.370 e. The van der Waals surface area contributed by atoms with Gasteiger partial charge in [0.1, 0.15) is 10.8 Å². The molecule has 0 aliphatic carbocycles. The lowest BCUT2D eigenvalue weighted by atomic mass is 10.0. The molecule has 5 nitrogen and oxygen atoms in total. The highest BCUT2D eigenvalue weighted by atomic mass is 35.5. The van der Waals surface area contributed by atoms with E-state index in [0.717, 1.165) is 0 Å². The van der Waals surface area contributed by atoms with Crippen LogP contribution in [0, 0.1) is 5.82 Å². The molecule has 23 heavy (non-hydrogen) atoms. The van der Waals surface area contributed by atoms with Crippen molar-refractivity contribution in [2.24, 2.45) is 0 Å². The van der Waals surface area contributed by atoms with Crippen molar-refractivity contribution in [3.8, 4) is 0 Å². The third-order valence-electron chi connectivity index (χ3n) is 3.26. The number of halogens is 2. The van der Waals surface area contributed by atoms with E-state index < -0.39 is 11.6 Å². The van der Waals surface area contributed by atoms with Crippen LogP contribution in [0.2, 0.25) is 5.02 Å². The van der Waals surface area contributed by atoms with Gasteiger partial charge in [0.15, 0.2) is 0 Å². The average Bonchev–Trinajstić information content (AvgIpc) is 2.57. The first-order chi connectivity index (χ1) is 11.1. The lowest BCUT2D eigenvalue weighted by Crippen LogP contribution is -2.17. The number of nitrogens with zero attached hydrogens (tertiary/aromatic N) is 2. The number of benzene rings is 1. The molecule has 0 saturated heterocycles. The Hall–Kier alpha value is -2.73. The number of anilines is 1. The summed E-state index contributed by atoms with van der Waals surface area (Å²) in [5.41, 5.74) is 1.15. The van der Waals surface area contributed by atoms with Crippen LogP contribution in [0.4, 0.5) is 10.1 Å². The van der Waals surface area contributed by atoms with Gasteiger partial charge in [-0.15, -0.1) is 0 Å². The Morgan fingerprint density at radius 2 is 2.09 bits per heavy atom. The predicted molar refractivity (Wildman–Crippen MR) is 86.0 cm³/mol. The summed E-state index contributed by atoms with van der Waals surface area (Å²) in [6.07, 6.45) is 3.04. The maximum atomic E-state index is 13.6. The Kier molecular flexibility index (Phi) is 4.34. The highest BCUT2D eigenvalue weighted by Crippen LogP contribution is 2.27. The normalized spacial score (nSPS) is 11.9. The molecule has 3 rings (SSSR count). The van der Waals surface area contributed by atoms with Gasteiger partial charge in [0.05, 0.1) is 23.6 Å². The van der Waals surface area contributed by atoms with Crippen LogP contribution in [0.5, 0.6) is 0 Å². The highest BCUT2D eigenvalue weighted by molar-refractivity contribution is 6.32. The van der Waals surface area contributed by atoms with Crippen molar-refractivity contribution < 1.29 is 4.39 Å². The predicted octanol–water partition coefficient (Wildman–Crippen LogP) is 3.16. The first-order valence-corrected chi connectivity index (χ1v) is 7.19. The van der Waals surface area contributed by atoms with Gasteiger partial charge in [-0.25, -0.2) is 9.49 Å². The third-order valence-corrected chi connectivity index (χ3v) is 3.64. The molecule has 0 spiro atoms. The van der Waals surface area contributed by atoms with Gasteiger partial charge < -0.3 is 5.32 Å². The van der Waals surface area contributed by atoms with Gasteiger partial charge >= 0.3 is 0 Å². The van der Waals surface area contributed by atoms with Crippen LogP contribution >= 0.6 is 11.6 Å². The molecule has 0 saturated carbocycles. The molecule has 0 fully saturated rings. The van der Waals surface area contributed by atoms with Gasteiger partial charge in [-0.1, -0.05) is 29.8 Å². The molecule has 1 aromatic carbocycles. The molecule has 0 amide bonds. The van der Waals surface area contributed by atoms with E-state index in [1.807, 2.05) is 6.07 Å². The molecule has 0 radical (unpaired) electrons. The van der Waals surface area contributed by atoms with E-state index >= 15 is 0 Å². The Balaban J connectivity index is 2.06. The minimum atomic E-state index is -0.504. The van der Waals surface area contributed by atoms with Crippen LogP contribution in [-0.4, -0.2) is 15.2 Å². The molecule has 3 aromatic rings. The second kappa shape index (κ2) is 6.58. The fraction of sp³-hybridized carbons (Fsp3) is 0.0625. The topological polar surface area (TPSA) is 70.7 Å². The number of aromatic amines is 1. The summed E-state index contributed by atoms with van der Waals surface area (Å²) in [5.74, 6) is -0.361. The van der Waals surface area contributed by atoms with Gasteiger partial charge in [0.25, 0.3) is 5.56 Å². The van der Waals surface area contributed by atoms with Crippen molar-refractivity contribution in [3.05, 3.63) is 87.3 Å². The van der Waals surface area contributed by atoms with Crippen molar-refractivity contribution in [1.82, 2.24) is 15.2 Å². The fourth-order valence-electron chi connectivity index (χ4n) is 2.20. The van der Waals surface area contributed by atoms with Crippen LogP contribution in [0.3, 0.4) is 0 Å². The number of aromatic nitrogens is 3. The SMILES string of the molecule is O=c1[nH]ncc(N[C@@H](c2cccc(F)c2)c2ccccn2)c1Cl. The molecule has 0 bridgehead atoms. The number of pyridine rings is 1. The van der Waals surface area contributed by atoms with Gasteiger partial charge in [0.2, 0.25) is 0 Å². The molecule has 2 heterocycles. The summed E-state index contributed by atoms with van der Waals surface area (Å²) in [5, 5.41) is 9.06. The molecule has 0 aliphatic heterocycles. The molecule has 1 atom stereocenters. The Bertz CT molecular complexity index is 869. The van der Waals surface area contributed by atoms with Crippen molar-refractivity contribution in [1.29, 1.82) is 0 Å². The molecule has 0 unspecified atom stereocenters. The smallest absolute Gasteiger partial charge is 0.285 e. The highest BCUT2D eigenvalue weighted by Gasteiger charge is 2.18. The van der Waals surface area contributed by atoms with E-state index in [0.29, 0.717) is 16.9 Å². The maximum absolute atomic E-state index is 13.6.